The van der Waals surface area contributed by atoms with Gasteiger partial charge in [-0.1, -0.05) is 52.0 Å². The predicted molar refractivity (Wildman–Crippen MR) is 171 cm³/mol. The van der Waals surface area contributed by atoms with E-state index < -0.39 is 23.7 Å². The molecule has 3 aromatic carbocycles. The first-order chi connectivity index (χ1) is 20.9. The van der Waals surface area contributed by atoms with Crippen LogP contribution in [0.2, 0.25) is 0 Å². The van der Waals surface area contributed by atoms with Crippen LogP contribution in [0.15, 0.2) is 71.7 Å². The van der Waals surface area contributed by atoms with Gasteiger partial charge in [-0.3, -0.25) is 14.4 Å². The van der Waals surface area contributed by atoms with E-state index in [0.29, 0.717) is 35.7 Å². The minimum Gasteiger partial charge on any atom is -0.368 e. The zero-order valence-corrected chi connectivity index (χ0v) is 25.6. The molecule has 1 fully saturated rings. The Bertz CT molecular complexity index is 1660. The zero-order valence-electron chi connectivity index (χ0n) is 25.6. The fraction of sp³-hybridized carbons (Fsp3) is 0.314. The van der Waals surface area contributed by atoms with Gasteiger partial charge in [-0.25, -0.2) is 9.38 Å². The van der Waals surface area contributed by atoms with Gasteiger partial charge in [0.05, 0.1) is 11.4 Å². The van der Waals surface area contributed by atoms with Crippen molar-refractivity contribution in [1.82, 2.24) is 0 Å². The Balaban J connectivity index is 1.35. The summed E-state index contributed by atoms with van der Waals surface area (Å²) in [7, 11) is 0. The number of Topliss-reactive ketones (excluding diaryl/α,β-unsaturated/α-hetero) is 1. The molecule has 3 aromatic rings. The van der Waals surface area contributed by atoms with Crippen molar-refractivity contribution < 1.29 is 23.5 Å². The Hall–Kier alpha value is -4.63. The molecule has 2 unspecified atom stereocenters. The molecule has 2 aliphatic rings. The summed E-state index contributed by atoms with van der Waals surface area (Å²) in [5.41, 5.74) is 4.80. The Morgan fingerprint density at radius 2 is 1.75 bits per heavy atom. The standard InChI is InChI=1S/C35H37FN4O4/c1-20-18-28(25-8-6-9-27(21(25)2)39-33(42)22-11-13-23(14-12-22)35(3,4)5)38-32(31(20)41)37-24-15-16-26(36)29(19-24)40-34(43)30-10-7-17-44-30/h6,8-9,11-16,18-20,30H,7,10,17H2,1-5H3,(H,37,38)(H,39,42)(H,40,43). The summed E-state index contributed by atoms with van der Waals surface area (Å²) >= 11 is 0. The first kappa shape index (κ1) is 30.8. The number of ketones is 1. The maximum Gasteiger partial charge on any atom is 0.255 e. The molecule has 3 N–H and O–H groups in total. The molecular weight excluding hydrogens is 559 g/mol. The van der Waals surface area contributed by atoms with Crippen molar-refractivity contribution in [1.29, 1.82) is 0 Å². The molecule has 2 atom stereocenters. The highest BCUT2D eigenvalue weighted by atomic mass is 19.1. The summed E-state index contributed by atoms with van der Waals surface area (Å²) < 4.78 is 19.9. The van der Waals surface area contributed by atoms with Crippen LogP contribution in [0.4, 0.5) is 21.5 Å². The maximum atomic E-state index is 14.5. The number of hydrogen-bond donors (Lipinski definition) is 3. The van der Waals surface area contributed by atoms with Crippen molar-refractivity contribution in [2.24, 2.45) is 10.9 Å². The minimum absolute atomic E-state index is 0.0141. The number of aliphatic imine (C=N–C) groups is 1. The van der Waals surface area contributed by atoms with E-state index in [-0.39, 0.29) is 28.6 Å². The fourth-order valence-corrected chi connectivity index (χ4v) is 5.18. The normalized spacial score (nSPS) is 18.4. The van der Waals surface area contributed by atoms with E-state index in [1.165, 1.54) is 18.2 Å². The molecule has 5 rings (SSSR count). The van der Waals surface area contributed by atoms with Gasteiger partial charge in [-0.05, 0) is 78.8 Å². The summed E-state index contributed by atoms with van der Waals surface area (Å²) in [4.78, 5) is 43.3. The lowest BCUT2D eigenvalue weighted by Crippen LogP contribution is -2.30. The highest BCUT2D eigenvalue weighted by Gasteiger charge is 2.27. The number of allylic oxidation sites excluding steroid dienone is 1. The number of rotatable bonds is 6. The molecule has 228 valence electrons. The number of nitrogens with one attached hydrogen (secondary N) is 3. The third kappa shape index (κ3) is 6.78. The maximum absolute atomic E-state index is 14.5. The number of ether oxygens (including phenoxy) is 1. The molecule has 9 heteroatoms. The Morgan fingerprint density at radius 3 is 2.43 bits per heavy atom. The van der Waals surface area contributed by atoms with Gasteiger partial charge in [0.15, 0.2) is 5.84 Å². The lowest BCUT2D eigenvalue weighted by molar-refractivity contribution is -0.124. The van der Waals surface area contributed by atoms with Gasteiger partial charge >= 0.3 is 0 Å². The third-order valence-electron chi connectivity index (χ3n) is 7.87. The number of benzene rings is 3. The van der Waals surface area contributed by atoms with Crippen LogP contribution in [0.1, 0.15) is 67.6 Å². The minimum atomic E-state index is -0.610. The molecule has 0 aromatic heterocycles. The quantitative estimate of drug-likeness (QED) is 0.288. The van der Waals surface area contributed by atoms with Gasteiger partial charge in [-0.2, -0.15) is 0 Å². The summed E-state index contributed by atoms with van der Waals surface area (Å²) in [6.45, 7) is 10.5. The molecule has 8 nitrogen and oxygen atoms in total. The van der Waals surface area contributed by atoms with Gasteiger partial charge in [0, 0.05) is 35.0 Å². The van der Waals surface area contributed by atoms with Crippen molar-refractivity contribution in [3.05, 3.63) is 94.8 Å². The average Bonchev–Trinajstić information content (AvgIpc) is 3.53. The number of amides is 2. The fourth-order valence-electron chi connectivity index (χ4n) is 5.18. The highest BCUT2D eigenvalue weighted by Crippen LogP contribution is 2.31. The number of amidine groups is 1. The Kier molecular flexibility index (Phi) is 8.78. The summed E-state index contributed by atoms with van der Waals surface area (Å²) in [5, 5.41) is 8.61. The molecule has 2 aliphatic heterocycles. The third-order valence-corrected chi connectivity index (χ3v) is 7.87. The van der Waals surface area contributed by atoms with Crippen LogP contribution in [0, 0.1) is 18.7 Å². The molecule has 2 heterocycles. The number of carbonyl (C=O) groups excluding carboxylic acids is 3. The first-order valence-electron chi connectivity index (χ1n) is 14.8. The van der Waals surface area contributed by atoms with Crippen LogP contribution in [0.3, 0.4) is 0 Å². The molecule has 1 saturated heterocycles. The van der Waals surface area contributed by atoms with E-state index in [1.54, 1.807) is 13.0 Å². The molecule has 2 amide bonds. The van der Waals surface area contributed by atoms with Crippen LogP contribution in [0.25, 0.3) is 5.70 Å². The second-order valence-corrected chi connectivity index (χ2v) is 12.2. The smallest absolute Gasteiger partial charge is 0.255 e. The van der Waals surface area contributed by atoms with Crippen molar-refractivity contribution in [3.63, 3.8) is 0 Å². The molecule has 0 aliphatic carbocycles. The predicted octanol–water partition coefficient (Wildman–Crippen LogP) is 6.87. The summed E-state index contributed by atoms with van der Waals surface area (Å²) in [6, 6.07) is 17.2. The highest BCUT2D eigenvalue weighted by molar-refractivity contribution is 6.45. The molecular formula is C35H37FN4O4. The topological polar surface area (TPSA) is 109 Å². The summed E-state index contributed by atoms with van der Waals surface area (Å²) in [6.07, 6.45) is 2.53. The molecule has 44 heavy (non-hydrogen) atoms. The van der Waals surface area contributed by atoms with Crippen molar-refractivity contribution >= 4 is 46.2 Å². The number of hydrogen-bond acceptors (Lipinski definition) is 6. The molecule has 0 spiro atoms. The monoisotopic (exact) mass is 596 g/mol. The summed E-state index contributed by atoms with van der Waals surface area (Å²) in [5.74, 6) is -1.87. The van der Waals surface area contributed by atoms with E-state index in [4.69, 9.17) is 4.74 Å². The van der Waals surface area contributed by atoms with Gasteiger partial charge in [0.2, 0.25) is 5.78 Å². The molecule has 0 bridgehead atoms. The van der Waals surface area contributed by atoms with Crippen molar-refractivity contribution in [2.75, 3.05) is 22.6 Å². The number of carbonyl (C=O) groups is 3. The van der Waals surface area contributed by atoms with Crippen molar-refractivity contribution in [3.8, 4) is 0 Å². The Morgan fingerprint density at radius 1 is 1.00 bits per heavy atom. The number of nitrogens with zero attached hydrogens (tertiary/aromatic N) is 1. The molecule has 0 radical (unpaired) electrons. The van der Waals surface area contributed by atoms with E-state index >= 15 is 0 Å². The average molecular weight is 597 g/mol. The van der Waals surface area contributed by atoms with Gasteiger partial charge in [0.1, 0.15) is 11.9 Å². The van der Waals surface area contributed by atoms with Gasteiger partial charge < -0.3 is 20.7 Å². The van der Waals surface area contributed by atoms with Crippen molar-refractivity contribution in [2.45, 2.75) is 59.0 Å². The van der Waals surface area contributed by atoms with E-state index in [2.05, 4.69) is 41.7 Å². The van der Waals surface area contributed by atoms with Crippen LogP contribution < -0.4 is 16.0 Å². The van der Waals surface area contributed by atoms with Gasteiger partial charge in [-0.15, -0.1) is 0 Å². The van der Waals surface area contributed by atoms with Gasteiger partial charge in [0.25, 0.3) is 11.8 Å². The van der Waals surface area contributed by atoms with Crippen LogP contribution in [0.5, 0.6) is 0 Å². The zero-order chi connectivity index (χ0) is 31.6. The van der Waals surface area contributed by atoms with E-state index in [1.807, 2.05) is 49.4 Å². The second-order valence-electron chi connectivity index (χ2n) is 12.2. The van der Waals surface area contributed by atoms with Crippen LogP contribution >= 0.6 is 0 Å². The van der Waals surface area contributed by atoms with E-state index in [0.717, 1.165) is 23.1 Å². The number of anilines is 3. The second kappa shape index (κ2) is 12.5. The van der Waals surface area contributed by atoms with Crippen LogP contribution in [-0.4, -0.2) is 36.1 Å². The van der Waals surface area contributed by atoms with E-state index in [9.17, 15) is 18.8 Å². The SMILES string of the molecule is Cc1c(NC(=O)c2ccc(C(C)(C)C)cc2)cccc1C1=CC(C)C(=O)C(Nc2ccc(F)c(NC(=O)C3CCCO3)c2)=N1. The molecule has 0 saturated carbocycles. The first-order valence-corrected chi connectivity index (χ1v) is 14.8. The Labute approximate surface area is 256 Å². The largest absolute Gasteiger partial charge is 0.368 e. The lowest BCUT2D eigenvalue weighted by Gasteiger charge is -2.21. The lowest BCUT2D eigenvalue weighted by atomic mass is 9.86. The number of halogens is 1. The van der Waals surface area contributed by atoms with Crippen LogP contribution in [-0.2, 0) is 19.7 Å².